The number of anilines is 2. The topological polar surface area (TPSA) is 90.3 Å². The number of hydrogen-bond acceptors (Lipinski definition) is 7. The van der Waals surface area contributed by atoms with Gasteiger partial charge in [0.25, 0.3) is 0 Å². The van der Waals surface area contributed by atoms with Crippen LogP contribution in [0.25, 0.3) is 16.4 Å². The molecule has 0 amide bonds. The number of hydrogen-bond donors (Lipinski definition) is 1. The number of halogens is 1. The molecule has 0 saturated carbocycles. The smallest absolute Gasteiger partial charge is 0.158 e. The minimum Gasteiger partial charge on any atom is -0.338 e. The van der Waals surface area contributed by atoms with Crippen LogP contribution in [0.2, 0.25) is 0 Å². The molecule has 1 aliphatic rings. The van der Waals surface area contributed by atoms with E-state index in [-0.39, 0.29) is 5.82 Å². The molecule has 0 unspecified atom stereocenters. The summed E-state index contributed by atoms with van der Waals surface area (Å²) in [5.41, 5.74) is 4.89. The Labute approximate surface area is 226 Å². The van der Waals surface area contributed by atoms with Gasteiger partial charge < -0.3 is 10.2 Å². The molecule has 0 bridgehead atoms. The number of rotatable bonds is 8. The first kappa shape index (κ1) is 25.0. The van der Waals surface area contributed by atoms with Crippen LogP contribution in [0.5, 0.6) is 0 Å². The predicted molar refractivity (Wildman–Crippen MR) is 148 cm³/mol. The molecule has 6 rings (SSSR count). The van der Waals surface area contributed by atoms with Gasteiger partial charge in [0, 0.05) is 49.9 Å². The minimum atomic E-state index is -0.246. The highest BCUT2D eigenvalue weighted by Gasteiger charge is 2.18. The number of nitrogens with one attached hydrogen (secondary N) is 1. The summed E-state index contributed by atoms with van der Waals surface area (Å²) in [6.07, 6.45) is 7.04. The predicted octanol–water partition coefficient (Wildman–Crippen LogP) is 4.43. The van der Waals surface area contributed by atoms with Gasteiger partial charge in [0.15, 0.2) is 5.82 Å². The number of fused-ring (bicyclic) bond motifs is 2. The van der Waals surface area contributed by atoms with E-state index in [0.717, 1.165) is 79.2 Å². The number of benzene rings is 2. The van der Waals surface area contributed by atoms with E-state index in [9.17, 15) is 4.39 Å². The van der Waals surface area contributed by atoms with E-state index in [1.165, 1.54) is 17.7 Å². The van der Waals surface area contributed by atoms with Crippen molar-refractivity contribution >= 4 is 27.9 Å². The van der Waals surface area contributed by atoms with Gasteiger partial charge in [0.1, 0.15) is 17.7 Å². The zero-order valence-electron chi connectivity index (χ0n) is 21.7. The van der Waals surface area contributed by atoms with E-state index in [1.54, 1.807) is 12.4 Å². The van der Waals surface area contributed by atoms with E-state index in [1.807, 2.05) is 39.8 Å². The molecule has 0 radical (unpaired) electrons. The molecule has 1 saturated heterocycles. The Morgan fingerprint density at radius 3 is 2.77 bits per heavy atom. The molecule has 1 fully saturated rings. The van der Waals surface area contributed by atoms with Crippen LogP contribution in [0.1, 0.15) is 24.0 Å². The lowest BCUT2D eigenvalue weighted by Gasteiger charge is -2.21. The van der Waals surface area contributed by atoms with Gasteiger partial charge in [0.05, 0.1) is 24.3 Å². The lowest BCUT2D eigenvalue weighted by atomic mass is 10.2. The fraction of sp³-hybridized carbons (Fsp3) is 0.310. The van der Waals surface area contributed by atoms with Gasteiger partial charge in [-0.25, -0.2) is 13.9 Å². The van der Waals surface area contributed by atoms with E-state index < -0.39 is 0 Å². The molecule has 4 heterocycles. The molecule has 0 atom stereocenters. The van der Waals surface area contributed by atoms with Crippen LogP contribution in [0, 0.1) is 17.1 Å². The molecule has 5 aromatic rings. The van der Waals surface area contributed by atoms with E-state index in [2.05, 4.69) is 48.5 Å². The maximum atomic E-state index is 13.6. The summed E-state index contributed by atoms with van der Waals surface area (Å²) in [4.78, 5) is 9.44. The van der Waals surface area contributed by atoms with Crippen molar-refractivity contribution < 1.29 is 4.39 Å². The second kappa shape index (κ2) is 11.2. The first-order valence-electron chi connectivity index (χ1n) is 13.3. The Bertz CT molecular complexity index is 1630. The van der Waals surface area contributed by atoms with E-state index in [0.29, 0.717) is 13.0 Å². The summed E-state index contributed by atoms with van der Waals surface area (Å²) >= 11 is 0. The minimum absolute atomic E-state index is 0.246. The molecule has 3 aromatic heterocycles. The summed E-state index contributed by atoms with van der Waals surface area (Å²) in [6.45, 7) is 6.16. The Hall–Kier alpha value is -4.33. The molecule has 2 aromatic carbocycles. The zero-order valence-corrected chi connectivity index (χ0v) is 21.7. The van der Waals surface area contributed by atoms with E-state index in [4.69, 9.17) is 5.26 Å². The van der Waals surface area contributed by atoms with Gasteiger partial charge in [-0.15, -0.1) is 0 Å². The van der Waals surface area contributed by atoms with Crippen LogP contribution < -0.4 is 5.32 Å². The van der Waals surface area contributed by atoms with Crippen molar-refractivity contribution in [3.63, 3.8) is 0 Å². The maximum absolute atomic E-state index is 13.6. The van der Waals surface area contributed by atoms with Gasteiger partial charge in [-0.2, -0.15) is 15.5 Å². The summed E-state index contributed by atoms with van der Waals surface area (Å²) in [5.74, 6) is 0.506. The summed E-state index contributed by atoms with van der Waals surface area (Å²) in [7, 11) is 0. The Kier molecular flexibility index (Phi) is 7.17. The van der Waals surface area contributed by atoms with E-state index >= 15 is 0 Å². The van der Waals surface area contributed by atoms with Crippen molar-refractivity contribution in [3.8, 4) is 6.07 Å². The van der Waals surface area contributed by atoms with Crippen molar-refractivity contribution in [2.75, 3.05) is 38.0 Å². The van der Waals surface area contributed by atoms with Crippen molar-refractivity contribution in [1.82, 2.24) is 34.2 Å². The molecular weight excluding hydrogens is 493 g/mol. The van der Waals surface area contributed by atoms with Crippen molar-refractivity contribution in [2.45, 2.75) is 25.9 Å². The normalized spacial score (nSPS) is 15.0. The highest BCUT2D eigenvalue weighted by atomic mass is 19.1. The highest BCUT2D eigenvalue weighted by Crippen LogP contribution is 2.27. The molecule has 9 nitrogen and oxygen atoms in total. The third-order valence-electron chi connectivity index (χ3n) is 7.28. The second-order valence-corrected chi connectivity index (χ2v) is 9.95. The summed E-state index contributed by atoms with van der Waals surface area (Å²) in [5, 5.41) is 22.4. The summed E-state index contributed by atoms with van der Waals surface area (Å²) in [6, 6.07) is 17.1. The highest BCUT2D eigenvalue weighted by molar-refractivity contribution is 5.85. The average molecular weight is 524 g/mol. The lowest BCUT2D eigenvalue weighted by molar-refractivity contribution is 0.255. The van der Waals surface area contributed by atoms with Gasteiger partial charge in [0.2, 0.25) is 0 Å². The largest absolute Gasteiger partial charge is 0.338 e. The molecule has 0 spiro atoms. The first-order chi connectivity index (χ1) is 19.2. The molecule has 39 heavy (non-hydrogen) atoms. The lowest BCUT2D eigenvalue weighted by Crippen LogP contribution is -2.31. The fourth-order valence-electron chi connectivity index (χ4n) is 5.33. The fourth-order valence-corrected chi connectivity index (χ4v) is 5.33. The van der Waals surface area contributed by atoms with Gasteiger partial charge in [-0.1, -0.05) is 12.1 Å². The molecule has 198 valence electrons. The van der Waals surface area contributed by atoms with Crippen LogP contribution >= 0.6 is 0 Å². The monoisotopic (exact) mass is 523 g/mol. The van der Waals surface area contributed by atoms with Gasteiger partial charge in [-0.05, 0) is 67.0 Å². The molecule has 0 aliphatic carbocycles. The van der Waals surface area contributed by atoms with Crippen LogP contribution in [0.3, 0.4) is 0 Å². The number of nitrogens with zero attached hydrogens (tertiary/aromatic N) is 8. The van der Waals surface area contributed by atoms with Crippen LogP contribution in [0.15, 0.2) is 67.3 Å². The second-order valence-electron chi connectivity index (χ2n) is 9.95. The van der Waals surface area contributed by atoms with Crippen molar-refractivity contribution in [2.24, 2.45) is 0 Å². The SMILES string of the molecule is N#CCCN1CCCN(Cc2ccn3ncnc(Nc4ccc5c(cnn5Cc5cccc(F)c5)c4)c23)CC1. The third kappa shape index (κ3) is 5.60. The average Bonchev–Trinajstić information content (AvgIpc) is 3.46. The first-order valence-corrected chi connectivity index (χ1v) is 13.3. The Morgan fingerprint density at radius 2 is 1.87 bits per heavy atom. The van der Waals surface area contributed by atoms with Crippen LogP contribution in [-0.2, 0) is 13.1 Å². The van der Waals surface area contributed by atoms with Gasteiger partial charge >= 0.3 is 0 Å². The van der Waals surface area contributed by atoms with Crippen molar-refractivity contribution in [1.29, 1.82) is 5.26 Å². The molecular formula is C29H30FN9. The third-order valence-corrected chi connectivity index (χ3v) is 7.28. The Morgan fingerprint density at radius 1 is 0.974 bits per heavy atom. The van der Waals surface area contributed by atoms with Crippen LogP contribution in [-0.4, -0.2) is 66.9 Å². The molecule has 1 N–H and O–H groups in total. The Balaban J connectivity index is 1.20. The van der Waals surface area contributed by atoms with Gasteiger partial charge in [-0.3, -0.25) is 9.58 Å². The quantitative estimate of drug-likeness (QED) is 0.322. The summed E-state index contributed by atoms with van der Waals surface area (Å²) < 4.78 is 17.4. The zero-order chi connectivity index (χ0) is 26.6. The number of aromatic nitrogens is 5. The maximum Gasteiger partial charge on any atom is 0.158 e. The molecule has 1 aliphatic heterocycles. The number of nitriles is 1. The standard InChI is InChI=1S/C29H30FN9/c30-25-5-1-4-22(16-25)19-39-27-7-6-26(17-24(27)18-33-39)35-29-28-23(8-13-38(28)34-21-32-29)20-37-12-3-11-36(14-15-37)10-2-9-31/h1,4-8,13,16-18,21H,2-3,10-12,14-15,19-20H2,(H,32,34,35). The molecule has 10 heteroatoms. The van der Waals surface area contributed by atoms with Crippen molar-refractivity contribution in [3.05, 3.63) is 84.2 Å². The van der Waals surface area contributed by atoms with Crippen LogP contribution in [0.4, 0.5) is 15.9 Å².